The Morgan fingerprint density at radius 1 is 0.913 bits per heavy atom. The lowest BCUT2D eigenvalue weighted by atomic mass is 10.1. The van der Waals surface area contributed by atoms with Crippen LogP contribution in [0.15, 0.2) is 0 Å². The van der Waals surface area contributed by atoms with Crippen molar-refractivity contribution in [2.45, 2.75) is 83.3 Å². The van der Waals surface area contributed by atoms with E-state index in [1.807, 2.05) is 13.1 Å². The number of carbonyl (C=O) groups excluding carboxylic acids is 1. The van der Waals surface area contributed by atoms with Crippen molar-refractivity contribution >= 4 is 14.2 Å². The number of hydrogen-bond acceptors (Lipinski definition) is 3. The zero-order valence-electron chi connectivity index (χ0n) is 16.0. The Morgan fingerprint density at radius 2 is 1.43 bits per heavy atom. The lowest BCUT2D eigenvalue weighted by Gasteiger charge is -2.12. The molecule has 1 amide bonds. The molecule has 23 heavy (non-hydrogen) atoms. The SMILES string of the molecule is CN(C)CCCNC(=O)CCCCCCCCCC[Si](C)(C)O. The van der Waals surface area contributed by atoms with Gasteiger partial charge in [-0.2, -0.15) is 0 Å². The standard InChI is InChI=1S/C18H40N2O2Si/c1-20(2)16-13-15-19-18(21)14-11-9-7-5-6-8-10-12-17-23(3,4)22/h22H,5-17H2,1-4H3,(H,19,21). The van der Waals surface area contributed by atoms with Crippen molar-refractivity contribution in [3.8, 4) is 0 Å². The Hall–Kier alpha value is -0.393. The number of hydrogen-bond donors (Lipinski definition) is 2. The molecule has 0 fully saturated rings. The molecular formula is C18H40N2O2Si. The first-order valence-electron chi connectivity index (χ1n) is 9.45. The summed E-state index contributed by atoms with van der Waals surface area (Å²) in [5.74, 6) is 0.208. The van der Waals surface area contributed by atoms with E-state index in [0.717, 1.165) is 32.0 Å². The monoisotopic (exact) mass is 344 g/mol. The predicted molar refractivity (Wildman–Crippen MR) is 102 cm³/mol. The largest absolute Gasteiger partial charge is 0.432 e. The highest BCUT2D eigenvalue weighted by Gasteiger charge is 2.15. The Bertz CT molecular complexity index is 291. The Morgan fingerprint density at radius 3 is 1.96 bits per heavy atom. The van der Waals surface area contributed by atoms with Crippen LogP contribution in [0.4, 0.5) is 0 Å². The van der Waals surface area contributed by atoms with Crippen molar-refractivity contribution in [3.63, 3.8) is 0 Å². The van der Waals surface area contributed by atoms with Crippen LogP contribution < -0.4 is 5.32 Å². The zero-order valence-corrected chi connectivity index (χ0v) is 17.0. The average Bonchev–Trinajstić information content (AvgIpc) is 2.44. The molecule has 0 unspecified atom stereocenters. The van der Waals surface area contributed by atoms with Crippen molar-refractivity contribution in [3.05, 3.63) is 0 Å². The summed E-state index contributed by atoms with van der Waals surface area (Å²) in [6, 6.07) is 1.04. The van der Waals surface area contributed by atoms with E-state index in [9.17, 15) is 9.59 Å². The molecule has 0 aromatic carbocycles. The maximum atomic E-state index is 11.6. The molecule has 2 N–H and O–H groups in total. The second kappa shape index (κ2) is 14.0. The summed E-state index contributed by atoms with van der Waals surface area (Å²) >= 11 is 0. The van der Waals surface area contributed by atoms with E-state index in [0.29, 0.717) is 6.42 Å². The van der Waals surface area contributed by atoms with Gasteiger partial charge in [-0.05, 0) is 52.6 Å². The number of rotatable bonds is 15. The number of carbonyl (C=O) groups is 1. The van der Waals surface area contributed by atoms with Gasteiger partial charge in [-0.1, -0.05) is 44.9 Å². The summed E-state index contributed by atoms with van der Waals surface area (Å²) in [5, 5.41) is 2.99. The minimum absolute atomic E-state index is 0.208. The Labute approximate surface area is 145 Å². The maximum Gasteiger partial charge on any atom is 0.219 e. The summed E-state index contributed by atoms with van der Waals surface area (Å²) in [5.41, 5.74) is 0. The van der Waals surface area contributed by atoms with E-state index >= 15 is 0 Å². The van der Waals surface area contributed by atoms with Gasteiger partial charge in [0, 0.05) is 13.0 Å². The van der Waals surface area contributed by atoms with Crippen LogP contribution >= 0.6 is 0 Å². The summed E-state index contributed by atoms with van der Waals surface area (Å²) in [7, 11) is 2.29. The zero-order chi connectivity index (χ0) is 17.6. The number of nitrogens with one attached hydrogen (secondary N) is 1. The van der Waals surface area contributed by atoms with E-state index < -0.39 is 8.32 Å². The molecule has 0 radical (unpaired) electrons. The van der Waals surface area contributed by atoms with Crippen LogP contribution in [0.25, 0.3) is 0 Å². The first kappa shape index (κ1) is 22.6. The lowest BCUT2D eigenvalue weighted by Crippen LogP contribution is -2.26. The highest BCUT2D eigenvalue weighted by Crippen LogP contribution is 2.14. The molecule has 0 heterocycles. The minimum atomic E-state index is -1.81. The summed E-state index contributed by atoms with van der Waals surface area (Å²) < 4.78 is 0. The number of amides is 1. The van der Waals surface area contributed by atoms with Crippen LogP contribution in [-0.4, -0.2) is 51.1 Å². The van der Waals surface area contributed by atoms with Gasteiger partial charge in [0.2, 0.25) is 5.91 Å². The van der Waals surface area contributed by atoms with Crippen LogP contribution in [0, 0.1) is 0 Å². The molecule has 0 rings (SSSR count). The van der Waals surface area contributed by atoms with Crippen molar-refractivity contribution in [2.24, 2.45) is 0 Å². The molecule has 0 aromatic heterocycles. The summed E-state index contributed by atoms with van der Waals surface area (Å²) in [6.07, 6.45) is 11.4. The molecule has 0 bridgehead atoms. The lowest BCUT2D eigenvalue weighted by molar-refractivity contribution is -0.121. The number of unbranched alkanes of at least 4 members (excludes halogenated alkanes) is 7. The third kappa shape index (κ3) is 19.6. The molecule has 0 atom stereocenters. The highest BCUT2D eigenvalue weighted by atomic mass is 28.4. The Kier molecular flexibility index (Phi) is 13.8. The van der Waals surface area contributed by atoms with Crippen LogP contribution in [0.2, 0.25) is 19.1 Å². The van der Waals surface area contributed by atoms with Gasteiger partial charge in [0.15, 0.2) is 8.32 Å². The van der Waals surface area contributed by atoms with Crippen molar-refractivity contribution < 1.29 is 9.59 Å². The van der Waals surface area contributed by atoms with Crippen LogP contribution in [0.3, 0.4) is 0 Å². The van der Waals surface area contributed by atoms with Gasteiger partial charge in [-0.3, -0.25) is 4.79 Å². The smallest absolute Gasteiger partial charge is 0.219 e. The predicted octanol–water partition coefficient (Wildman–Crippen LogP) is 3.76. The van der Waals surface area contributed by atoms with Crippen molar-refractivity contribution in [1.29, 1.82) is 0 Å². The molecule has 5 heteroatoms. The van der Waals surface area contributed by atoms with E-state index in [1.54, 1.807) is 0 Å². The average molecular weight is 345 g/mol. The van der Waals surface area contributed by atoms with Crippen molar-refractivity contribution in [2.75, 3.05) is 27.2 Å². The fourth-order valence-corrected chi connectivity index (χ4v) is 3.73. The van der Waals surface area contributed by atoms with E-state index in [1.165, 1.54) is 44.9 Å². The third-order valence-electron chi connectivity index (χ3n) is 4.05. The molecule has 0 saturated heterocycles. The van der Waals surface area contributed by atoms with Crippen molar-refractivity contribution in [1.82, 2.24) is 10.2 Å². The van der Waals surface area contributed by atoms with Gasteiger partial charge >= 0.3 is 0 Å². The van der Waals surface area contributed by atoms with Gasteiger partial charge in [0.05, 0.1) is 0 Å². The van der Waals surface area contributed by atoms with Gasteiger partial charge < -0.3 is 15.0 Å². The molecule has 138 valence electrons. The molecule has 0 spiro atoms. The van der Waals surface area contributed by atoms with E-state index in [2.05, 4.69) is 24.3 Å². The van der Waals surface area contributed by atoms with Crippen LogP contribution in [-0.2, 0) is 4.79 Å². The third-order valence-corrected chi connectivity index (χ3v) is 5.62. The van der Waals surface area contributed by atoms with Gasteiger partial charge in [0.25, 0.3) is 0 Å². The second-order valence-corrected chi connectivity index (χ2v) is 11.8. The molecule has 0 aromatic rings. The molecule has 4 nitrogen and oxygen atoms in total. The Balaban J connectivity index is 3.22. The highest BCUT2D eigenvalue weighted by molar-refractivity contribution is 6.69. The first-order valence-corrected chi connectivity index (χ1v) is 12.6. The minimum Gasteiger partial charge on any atom is -0.432 e. The fraction of sp³-hybridized carbons (Fsp3) is 0.944. The van der Waals surface area contributed by atoms with Gasteiger partial charge in [-0.25, -0.2) is 0 Å². The normalized spacial score (nSPS) is 11.9. The van der Waals surface area contributed by atoms with Gasteiger partial charge in [-0.15, -0.1) is 0 Å². The van der Waals surface area contributed by atoms with Crippen LogP contribution in [0.5, 0.6) is 0 Å². The summed E-state index contributed by atoms with van der Waals surface area (Å²) in [6.45, 7) is 5.86. The van der Waals surface area contributed by atoms with E-state index in [4.69, 9.17) is 0 Å². The fourth-order valence-electron chi connectivity index (χ4n) is 2.62. The topological polar surface area (TPSA) is 52.6 Å². The van der Waals surface area contributed by atoms with E-state index in [-0.39, 0.29) is 5.91 Å². The first-order chi connectivity index (χ1) is 10.8. The van der Waals surface area contributed by atoms with Gasteiger partial charge in [0.1, 0.15) is 0 Å². The number of nitrogens with zero attached hydrogens (tertiary/aromatic N) is 1. The molecule has 0 aliphatic heterocycles. The molecule has 0 aliphatic carbocycles. The van der Waals surface area contributed by atoms with Crippen LogP contribution in [0.1, 0.15) is 64.2 Å². The second-order valence-electron chi connectivity index (χ2n) is 7.65. The molecule has 0 saturated carbocycles. The molecular weight excluding hydrogens is 304 g/mol. The maximum absolute atomic E-state index is 11.6. The molecule has 0 aliphatic rings. The quantitative estimate of drug-likeness (QED) is 0.351. The summed E-state index contributed by atoms with van der Waals surface area (Å²) in [4.78, 5) is 23.5.